The Labute approximate surface area is 119 Å². The van der Waals surface area contributed by atoms with Crippen LogP contribution in [0.15, 0.2) is 12.1 Å². The number of benzene rings is 1. The number of hydrogen-bond donors (Lipinski definition) is 3. The van der Waals surface area contributed by atoms with Gasteiger partial charge < -0.3 is 5.32 Å². The maximum Gasteiger partial charge on any atom is 0.300 e. The molecule has 114 valence electrons. The molecule has 0 radical (unpaired) electrons. The lowest BCUT2D eigenvalue weighted by Crippen LogP contribution is -2.29. The molecule has 3 N–H and O–H groups in total. The molecule has 0 aromatic heterocycles. The van der Waals surface area contributed by atoms with Gasteiger partial charge in [0.05, 0.1) is 21.5 Å². The van der Waals surface area contributed by atoms with Crippen molar-refractivity contribution < 1.29 is 19.8 Å². The van der Waals surface area contributed by atoms with Crippen molar-refractivity contribution >= 4 is 23.0 Å². The zero-order valence-electron chi connectivity index (χ0n) is 11.5. The van der Waals surface area contributed by atoms with Gasteiger partial charge in [-0.15, -0.1) is 0 Å². The average molecular weight is 298 g/mol. The molecule has 0 aliphatic carbocycles. The Hall–Kier alpha value is -2.75. The fourth-order valence-electron chi connectivity index (χ4n) is 1.61. The second-order valence-electron chi connectivity index (χ2n) is 5.22. The van der Waals surface area contributed by atoms with Crippen LogP contribution in [0.4, 0.5) is 17.1 Å². The smallest absolute Gasteiger partial charge is 0.300 e. The number of non-ortho nitro benzene ring substituents is 1. The second kappa shape index (κ2) is 5.71. The van der Waals surface area contributed by atoms with Gasteiger partial charge in [-0.25, -0.2) is 5.48 Å². The zero-order chi connectivity index (χ0) is 16.4. The average Bonchev–Trinajstić information content (AvgIpc) is 2.35. The molecule has 1 aromatic carbocycles. The van der Waals surface area contributed by atoms with Crippen LogP contribution in [0.2, 0.25) is 0 Å². The van der Waals surface area contributed by atoms with E-state index in [2.05, 4.69) is 5.32 Å². The van der Waals surface area contributed by atoms with Crippen LogP contribution in [-0.2, 0) is 0 Å². The first kappa shape index (κ1) is 16.3. The summed E-state index contributed by atoms with van der Waals surface area (Å²) in [5, 5.41) is 33.3. The third-order valence-electron chi connectivity index (χ3n) is 2.36. The van der Waals surface area contributed by atoms with E-state index in [-0.39, 0.29) is 5.69 Å². The lowest BCUT2D eigenvalue weighted by Gasteiger charge is -2.23. The molecule has 0 fully saturated rings. The van der Waals surface area contributed by atoms with Gasteiger partial charge in [-0.2, -0.15) is 0 Å². The van der Waals surface area contributed by atoms with Crippen LogP contribution in [0.5, 0.6) is 0 Å². The Kier molecular flexibility index (Phi) is 4.43. The minimum absolute atomic E-state index is 0.204. The third-order valence-corrected chi connectivity index (χ3v) is 2.36. The topological polar surface area (TPSA) is 148 Å². The van der Waals surface area contributed by atoms with Crippen LogP contribution >= 0.6 is 0 Å². The molecule has 21 heavy (non-hydrogen) atoms. The number of hydrogen-bond acceptors (Lipinski definition) is 7. The SMILES string of the molecule is CC(C)(C)Nc1c(C(=O)NO)cc([N+](=O)[O-])cc1[N+](=O)[O-]. The lowest BCUT2D eigenvalue weighted by atomic mass is 10.0. The first-order valence-corrected chi connectivity index (χ1v) is 5.76. The maximum absolute atomic E-state index is 11.6. The Morgan fingerprint density at radius 3 is 2.14 bits per heavy atom. The van der Waals surface area contributed by atoms with Gasteiger partial charge >= 0.3 is 0 Å². The number of nitro benzene ring substituents is 2. The molecule has 10 nitrogen and oxygen atoms in total. The molecule has 0 heterocycles. The predicted octanol–water partition coefficient (Wildman–Crippen LogP) is 1.83. The zero-order valence-corrected chi connectivity index (χ0v) is 11.5. The van der Waals surface area contributed by atoms with E-state index in [0.717, 1.165) is 12.1 Å². The van der Waals surface area contributed by atoms with Crippen LogP contribution in [0.25, 0.3) is 0 Å². The van der Waals surface area contributed by atoms with Gasteiger partial charge in [0, 0.05) is 11.6 Å². The summed E-state index contributed by atoms with van der Waals surface area (Å²) in [7, 11) is 0. The molecule has 10 heteroatoms. The van der Waals surface area contributed by atoms with Crippen molar-refractivity contribution in [3.8, 4) is 0 Å². The quantitative estimate of drug-likeness (QED) is 0.436. The first-order chi connectivity index (χ1) is 9.56. The summed E-state index contributed by atoms with van der Waals surface area (Å²) in [6.45, 7) is 5.08. The van der Waals surface area contributed by atoms with Crippen LogP contribution in [0, 0.1) is 20.2 Å². The molecular formula is C11H14N4O6. The number of rotatable bonds is 4. The number of nitrogens with zero attached hydrogens (tertiary/aromatic N) is 2. The van der Waals surface area contributed by atoms with Crippen molar-refractivity contribution in [3.05, 3.63) is 37.9 Å². The molecule has 0 atom stereocenters. The van der Waals surface area contributed by atoms with Crippen LogP contribution in [0.1, 0.15) is 31.1 Å². The van der Waals surface area contributed by atoms with E-state index in [0.29, 0.717) is 0 Å². The van der Waals surface area contributed by atoms with E-state index in [1.807, 2.05) is 0 Å². The van der Waals surface area contributed by atoms with Crippen molar-refractivity contribution in [2.45, 2.75) is 26.3 Å². The van der Waals surface area contributed by atoms with Gasteiger partial charge in [-0.1, -0.05) is 0 Å². The van der Waals surface area contributed by atoms with E-state index >= 15 is 0 Å². The fraction of sp³-hybridized carbons (Fsp3) is 0.364. The minimum atomic E-state index is -1.09. The van der Waals surface area contributed by atoms with Crippen LogP contribution in [0.3, 0.4) is 0 Å². The van der Waals surface area contributed by atoms with Crippen LogP contribution in [-0.4, -0.2) is 26.5 Å². The third kappa shape index (κ3) is 3.86. The van der Waals surface area contributed by atoms with Gasteiger partial charge in [0.25, 0.3) is 17.3 Å². The van der Waals surface area contributed by atoms with Gasteiger partial charge in [0.15, 0.2) is 0 Å². The number of anilines is 1. The predicted molar refractivity (Wildman–Crippen MR) is 72.4 cm³/mol. The van der Waals surface area contributed by atoms with Crippen molar-refractivity contribution in [2.24, 2.45) is 0 Å². The monoisotopic (exact) mass is 298 g/mol. The number of nitrogens with one attached hydrogen (secondary N) is 2. The first-order valence-electron chi connectivity index (χ1n) is 5.76. The maximum atomic E-state index is 11.6. The van der Waals surface area contributed by atoms with E-state index < -0.39 is 38.2 Å². The highest BCUT2D eigenvalue weighted by Crippen LogP contribution is 2.35. The summed E-state index contributed by atoms with van der Waals surface area (Å²) in [5.74, 6) is -1.09. The lowest BCUT2D eigenvalue weighted by molar-refractivity contribution is -0.393. The Morgan fingerprint density at radius 2 is 1.76 bits per heavy atom. The van der Waals surface area contributed by atoms with E-state index in [1.165, 1.54) is 5.48 Å². The molecule has 0 unspecified atom stereocenters. The normalized spacial score (nSPS) is 10.9. The van der Waals surface area contributed by atoms with Crippen molar-refractivity contribution in [3.63, 3.8) is 0 Å². The largest absolute Gasteiger partial charge is 0.374 e. The molecule has 0 spiro atoms. The molecule has 0 bridgehead atoms. The summed E-state index contributed by atoms with van der Waals surface area (Å²) in [6, 6.07) is 1.61. The summed E-state index contributed by atoms with van der Waals surface area (Å²) in [4.78, 5) is 31.8. The molecule has 0 saturated heterocycles. The van der Waals surface area contributed by atoms with E-state index in [9.17, 15) is 25.0 Å². The number of amides is 1. The number of carbonyl (C=O) groups is 1. The number of carbonyl (C=O) groups excluding carboxylic acids is 1. The molecule has 1 amide bonds. The van der Waals surface area contributed by atoms with E-state index in [1.54, 1.807) is 20.8 Å². The van der Waals surface area contributed by atoms with Crippen molar-refractivity contribution in [1.29, 1.82) is 0 Å². The Morgan fingerprint density at radius 1 is 1.19 bits per heavy atom. The van der Waals surface area contributed by atoms with Gasteiger partial charge in [-0.05, 0) is 20.8 Å². The summed E-state index contributed by atoms with van der Waals surface area (Å²) >= 11 is 0. The standard InChI is InChI=1S/C11H14N4O6/c1-11(2,3)12-9-7(10(16)13-17)4-6(14(18)19)5-8(9)15(20)21/h4-5,12,17H,1-3H3,(H,13,16). The fourth-order valence-corrected chi connectivity index (χ4v) is 1.61. The Balaban J connectivity index is 3.66. The van der Waals surface area contributed by atoms with Gasteiger partial charge in [-0.3, -0.25) is 30.2 Å². The number of hydroxylamine groups is 1. The molecule has 1 rings (SSSR count). The highest BCUT2D eigenvalue weighted by molar-refractivity contribution is 6.02. The minimum Gasteiger partial charge on any atom is -0.374 e. The summed E-state index contributed by atoms with van der Waals surface area (Å²) in [6.07, 6.45) is 0. The van der Waals surface area contributed by atoms with Gasteiger partial charge in [0.1, 0.15) is 5.69 Å². The van der Waals surface area contributed by atoms with Crippen molar-refractivity contribution in [1.82, 2.24) is 5.48 Å². The molecule has 1 aromatic rings. The summed E-state index contributed by atoms with van der Waals surface area (Å²) in [5.41, 5.74) is -1.18. The second-order valence-corrected chi connectivity index (χ2v) is 5.22. The summed E-state index contributed by atoms with van der Waals surface area (Å²) < 4.78 is 0. The van der Waals surface area contributed by atoms with E-state index in [4.69, 9.17) is 5.21 Å². The van der Waals surface area contributed by atoms with Gasteiger partial charge in [0.2, 0.25) is 0 Å². The molecule has 0 saturated carbocycles. The molecule has 0 aliphatic rings. The number of nitro groups is 2. The highest BCUT2D eigenvalue weighted by Gasteiger charge is 2.29. The van der Waals surface area contributed by atoms with Crippen LogP contribution < -0.4 is 10.8 Å². The molecule has 0 aliphatic heterocycles. The Bertz CT molecular complexity index is 607. The van der Waals surface area contributed by atoms with Crippen molar-refractivity contribution in [2.75, 3.05) is 5.32 Å². The highest BCUT2D eigenvalue weighted by atomic mass is 16.6. The molecular weight excluding hydrogens is 284 g/mol.